The van der Waals surface area contributed by atoms with Crippen molar-refractivity contribution in [2.24, 2.45) is 0 Å². The zero-order chi connectivity index (χ0) is 15.4. The number of hydrogen-bond donors (Lipinski definition) is 2. The van der Waals surface area contributed by atoms with Gasteiger partial charge in [0.1, 0.15) is 6.04 Å². The Bertz CT molecular complexity index is 553. The number of hydrogen-bond acceptors (Lipinski definition) is 4. The summed E-state index contributed by atoms with van der Waals surface area (Å²) in [5.74, 6) is 0.364. The number of nitrogens with one attached hydrogen (secondary N) is 1. The number of anilines is 1. The van der Waals surface area contributed by atoms with Crippen LogP contribution in [-0.2, 0) is 9.59 Å². The van der Waals surface area contributed by atoms with Crippen molar-refractivity contribution in [3.8, 4) is 0 Å². The molecule has 1 amide bonds. The topological polar surface area (TPSA) is 69.6 Å². The molecule has 5 nitrogen and oxygen atoms in total. The average Bonchev–Trinajstić information content (AvgIpc) is 2.42. The molecule has 2 N–H and O–H groups in total. The van der Waals surface area contributed by atoms with Gasteiger partial charge in [0.15, 0.2) is 0 Å². The van der Waals surface area contributed by atoms with Crippen LogP contribution in [0.2, 0.25) is 0 Å². The highest BCUT2D eigenvalue weighted by Gasteiger charge is 2.30. The maximum atomic E-state index is 12.1. The predicted molar refractivity (Wildman–Crippen MR) is 92.8 cm³/mol. The second-order valence-electron chi connectivity index (χ2n) is 4.91. The molecule has 0 spiro atoms. The molecular formula is C14H17IN2O3S. The maximum Gasteiger partial charge on any atom is 0.321 e. The van der Waals surface area contributed by atoms with Gasteiger partial charge in [0.05, 0.1) is 6.54 Å². The molecule has 1 aromatic carbocycles. The Labute approximate surface area is 141 Å². The molecule has 0 aliphatic carbocycles. The smallest absolute Gasteiger partial charge is 0.321 e. The van der Waals surface area contributed by atoms with Crippen LogP contribution in [0.25, 0.3) is 0 Å². The monoisotopic (exact) mass is 420 g/mol. The van der Waals surface area contributed by atoms with Crippen molar-refractivity contribution in [3.63, 3.8) is 0 Å². The van der Waals surface area contributed by atoms with Crippen molar-refractivity contribution in [1.82, 2.24) is 4.90 Å². The summed E-state index contributed by atoms with van der Waals surface area (Å²) in [4.78, 5) is 25.1. The average molecular weight is 420 g/mol. The highest BCUT2D eigenvalue weighted by Crippen LogP contribution is 2.19. The zero-order valence-corrected chi connectivity index (χ0v) is 14.6. The van der Waals surface area contributed by atoms with E-state index in [9.17, 15) is 14.7 Å². The Kier molecular flexibility index (Phi) is 5.88. The first-order valence-electron chi connectivity index (χ1n) is 6.58. The minimum atomic E-state index is -0.861. The Morgan fingerprint density at radius 2 is 2.29 bits per heavy atom. The first-order chi connectivity index (χ1) is 9.97. The number of amides is 1. The largest absolute Gasteiger partial charge is 0.480 e. The first-order valence-corrected chi connectivity index (χ1v) is 8.81. The number of carbonyl (C=O) groups is 2. The van der Waals surface area contributed by atoms with Crippen molar-refractivity contribution in [1.29, 1.82) is 0 Å². The van der Waals surface area contributed by atoms with E-state index in [1.54, 1.807) is 16.7 Å². The van der Waals surface area contributed by atoms with Crippen molar-refractivity contribution in [2.75, 3.05) is 29.9 Å². The van der Waals surface area contributed by atoms with E-state index in [-0.39, 0.29) is 12.5 Å². The van der Waals surface area contributed by atoms with E-state index in [1.165, 1.54) is 0 Å². The van der Waals surface area contributed by atoms with Crippen molar-refractivity contribution in [3.05, 3.63) is 27.3 Å². The fourth-order valence-electron chi connectivity index (χ4n) is 2.20. The molecule has 0 saturated carbocycles. The number of rotatable bonds is 4. The second-order valence-corrected chi connectivity index (χ2v) is 7.30. The van der Waals surface area contributed by atoms with Crippen LogP contribution in [0.5, 0.6) is 0 Å². The molecule has 1 fully saturated rings. The molecule has 1 atom stereocenters. The SMILES string of the molecule is Cc1cc(I)ccc1NC(=O)CN1CCSCC1C(=O)O. The lowest BCUT2D eigenvalue weighted by atomic mass is 10.2. The van der Waals surface area contributed by atoms with Gasteiger partial charge in [-0.05, 0) is 53.3 Å². The number of nitrogens with zero attached hydrogens (tertiary/aromatic N) is 1. The van der Waals surface area contributed by atoms with E-state index < -0.39 is 12.0 Å². The fourth-order valence-corrected chi connectivity index (χ4v) is 3.95. The standard InChI is InChI=1S/C14H17IN2O3S/c1-9-6-10(15)2-3-11(9)16-13(18)7-17-4-5-21-8-12(17)14(19)20/h2-3,6,12H,4-5,7-8H2,1H3,(H,16,18)(H,19,20). The van der Waals surface area contributed by atoms with Gasteiger partial charge in [0.2, 0.25) is 5.91 Å². The molecule has 1 unspecified atom stereocenters. The van der Waals surface area contributed by atoms with Gasteiger partial charge in [0, 0.05) is 27.3 Å². The number of carboxylic acid groups (broad SMARTS) is 1. The summed E-state index contributed by atoms with van der Waals surface area (Å²) in [5.41, 5.74) is 1.78. The molecule has 1 aliphatic heterocycles. The summed E-state index contributed by atoms with van der Waals surface area (Å²) in [6.07, 6.45) is 0. The second kappa shape index (κ2) is 7.46. The third-order valence-corrected chi connectivity index (χ3v) is 5.03. The predicted octanol–water partition coefficient (Wildman–Crippen LogP) is 2.04. The molecule has 1 aliphatic rings. The summed E-state index contributed by atoms with van der Waals surface area (Å²) >= 11 is 3.84. The Hall–Kier alpha value is -0.800. The van der Waals surface area contributed by atoms with E-state index in [0.29, 0.717) is 12.3 Å². The number of benzene rings is 1. The minimum absolute atomic E-state index is 0.114. The molecule has 0 bridgehead atoms. The molecule has 0 aromatic heterocycles. The molecule has 1 heterocycles. The third-order valence-electron chi connectivity index (χ3n) is 3.33. The van der Waals surface area contributed by atoms with Crippen LogP contribution >= 0.6 is 34.4 Å². The van der Waals surface area contributed by atoms with Gasteiger partial charge >= 0.3 is 5.97 Å². The van der Waals surface area contributed by atoms with E-state index in [2.05, 4.69) is 27.9 Å². The molecule has 7 heteroatoms. The molecule has 0 radical (unpaired) electrons. The van der Waals surface area contributed by atoms with Crippen molar-refractivity contribution in [2.45, 2.75) is 13.0 Å². The Balaban J connectivity index is 1.98. The van der Waals surface area contributed by atoms with Gasteiger partial charge in [0.25, 0.3) is 0 Å². The number of carbonyl (C=O) groups excluding carboxylic acids is 1. The fraction of sp³-hybridized carbons (Fsp3) is 0.429. The summed E-state index contributed by atoms with van der Waals surface area (Å²) in [5, 5.41) is 12.1. The zero-order valence-electron chi connectivity index (χ0n) is 11.6. The third kappa shape index (κ3) is 4.58. The van der Waals surface area contributed by atoms with Crippen LogP contribution < -0.4 is 5.32 Å². The van der Waals surface area contributed by atoms with Crippen LogP contribution in [0.1, 0.15) is 5.56 Å². The van der Waals surface area contributed by atoms with E-state index >= 15 is 0 Å². The molecule has 114 valence electrons. The molecular weight excluding hydrogens is 403 g/mol. The number of carboxylic acids is 1. The van der Waals surface area contributed by atoms with Crippen LogP contribution in [0, 0.1) is 10.5 Å². The highest BCUT2D eigenvalue weighted by atomic mass is 127. The molecule has 1 aromatic rings. The van der Waals surface area contributed by atoms with Crippen LogP contribution in [0.4, 0.5) is 5.69 Å². The minimum Gasteiger partial charge on any atom is -0.480 e. The molecule has 1 saturated heterocycles. The van der Waals surface area contributed by atoms with E-state index in [1.807, 2.05) is 25.1 Å². The normalized spacial score (nSPS) is 19.2. The van der Waals surface area contributed by atoms with Crippen LogP contribution in [-0.4, -0.2) is 52.5 Å². The van der Waals surface area contributed by atoms with Crippen LogP contribution in [0.15, 0.2) is 18.2 Å². The van der Waals surface area contributed by atoms with Gasteiger partial charge in [-0.2, -0.15) is 11.8 Å². The van der Waals surface area contributed by atoms with E-state index in [0.717, 1.165) is 20.6 Å². The number of thioether (sulfide) groups is 1. The Morgan fingerprint density at radius 3 is 2.95 bits per heavy atom. The van der Waals surface area contributed by atoms with E-state index in [4.69, 9.17) is 0 Å². The lowest BCUT2D eigenvalue weighted by molar-refractivity contribution is -0.142. The van der Waals surface area contributed by atoms with Gasteiger partial charge in [-0.25, -0.2) is 0 Å². The summed E-state index contributed by atoms with van der Waals surface area (Å²) < 4.78 is 1.11. The number of aliphatic carboxylic acids is 1. The van der Waals surface area contributed by atoms with Crippen molar-refractivity contribution >= 4 is 51.9 Å². The maximum absolute atomic E-state index is 12.1. The van der Waals surface area contributed by atoms with Crippen molar-refractivity contribution < 1.29 is 14.7 Å². The van der Waals surface area contributed by atoms with Gasteiger partial charge in [-0.15, -0.1) is 0 Å². The molecule has 2 rings (SSSR count). The highest BCUT2D eigenvalue weighted by molar-refractivity contribution is 14.1. The lowest BCUT2D eigenvalue weighted by Gasteiger charge is -2.31. The number of aryl methyl sites for hydroxylation is 1. The van der Waals surface area contributed by atoms with Gasteiger partial charge in [-0.1, -0.05) is 0 Å². The van der Waals surface area contributed by atoms with Gasteiger partial charge in [-0.3, -0.25) is 14.5 Å². The number of halogens is 1. The summed E-state index contributed by atoms with van der Waals surface area (Å²) in [7, 11) is 0. The van der Waals surface area contributed by atoms with Crippen LogP contribution in [0.3, 0.4) is 0 Å². The first kappa shape index (κ1) is 16.6. The molecule has 21 heavy (non-hydrogen) atoms. The summed E-state index contributed by atoms with van der Waals surface area (Å²) in [6, 6.07) is 5.22. The lowest BCUT2D eigenvalue weighted by Crippen LogP contribution is -2.50. The summed E-state index contributed by atoms with van der Waals surface area (Å²) in [6.45, 7) is 2.68. The van der Waals surface area contributed by atoms with Gasteiger partial charge < -0.3 is 10.4 Å². The Morgan fingerprint density at radius 1 is 1.52 bits per heavy atom. The quantitative estimate of drug-likeness (QED) is 0.730.